The highest BCUT2D eigenvalue weighted by atomic mass is 32.1. The van der Waals surface area contributed by atoms with E-state index in [1.54, 1.807) is 4.90 Å². The second-order valence-corrected chi connectivity index (χ2v) is 10.7. The lowest BCUT2D eigenvalue weighted by molar-refractivity contribution is -0.130. The summed E-state index contributed by atoms with van der Waals surface area (Å²) in [5.74, 6) is -0.496. The number of hydrogen-bond acceptors (Lipinski definition) is 6. The van der Waals surface area contributed by atoms with Crippen LogP contribution in [0, 0.1) is 0 Å². The Morgan fingerprint density at radius 1 is 1.06 bits per heavy atom. The van der Waals surface area contributed by atoms with Gasteiger partial charge in [0.25, 0.3) is 5.91 Å². The Morgan fingerprint density at radius 3 is 2.34 bits per heavy atom. The molecule has 1 aliphatic heterocycles. The van der Waals surface area contributed by atoms with Gasteiger partial charge in [0.1, 0.15) is 0 Å². The number of aromatic amines is 1. The fourth-order valence-corrected chi connectivity index (χ4v) is 4.74. The first-order valence-corrected chi connectivity index (χ1v) is 12.4. The SMILES string of the molecule is CC(C)(C)c1cccc(NC(=O)c2ccc(N3CCN(C(=O)Cc4sc(=O)[nH]c4O)CC3)cc2)c1. The minimum atomic E-state index is -0.370. The molecule has 3 N–H and O–H groups in total. The summed E-state index contributed by atoms with van der Waals surface area (Å²) in [6, 6.07) is 15.4. The summed E-state index contributed by atoms with van der Waals surface area (Å²) in [4.78, 5) is 42.8. The number of benzene rings is 2. The van der Waals surface area contributed by atoms with Crippen molar-refractivity contribution in [3.05, 3.63) is 74.2 Å². The third kappa shape index (κ3) is 5.92. The average Bonchev–Trinajstić information content (AvgIpc) is 3.15. The van der Waals surface area contributed by atoms with E-state index in [4.69, 9.17) is 0 Å². The zero-order valence-electron chi connectivity index (χ0n) is 20.1. The van der Waals surface area contributed by atoms with E-state index in [0.717, 1.165) is 28.3 Å². The quantitative estimate of drug-likeness (QED) is 0.503. The maximum absolute atomic E-state index is 12.7. The molecule has 9 heteroatoms. The fraction of sp³-hybridized carbons (Fsp3) is 0.346. The van der Waals surface area contributed by atoms with Gasteiger partial charge in [-0.05, 0) is 47.4 Å². The molecule has 0 radical (unpaired) electrons. The summed E-state index contributed by atoms with van der Waals surface area (Å²) in [6.45, 7) is 8.83. The largest absolute Gasteiger partial charge is 0.494 e. The van der Waals surface area contributed by atoms with Gasteiger partial charge in [0.15, 0.2) is 0 Å². The van der Waals surface area contributed by atoms with E-state index >= 15 is 0 Å². The van der Waals surface area contributed by atoms with Crippen molar-refractivity contribution in [2.45, 2.75) is 32.6 Å². The number of aromatic nitrogens is 1. The number of nitrogens with zero attached hydrogens (tertiary/aromatic N) is 2. The van der Waals surface area contributed by atoms with Crippen molar-refractivity contribution in [2.75, 3.05) is 36.4 Å². The average molecular weight is 495 g/mol. The Labute approximate surface area is 208 Å². The molecule has 0 saturated carbocycles. The smallest absolute Gasteiger partial charge is 0.307 e. The molecule has 1 aromatic heterocycles. The molecule has 2 aromatic carbocycles. The van der Waals surface area contributed by atoms with Crippen LogP contribution in [-0.2, 0) is 16.6 Å². The Bertz CT molecular complexity index is 1270. The number of nitrogens with one attached hydrogen (secondary N) is 2. The highest BCUT2D eigenvalue weighted by Crippen LogP contribution is 2.25. The van der Waals surface area contributed by atoms with Crippen LogP contribution in [-0.4, -0.2) is 53.0 Å². The molecule has 1 fully saturated rings. The van der Waals surface area contributed by atoms with Gasteiger partial charge in [-0.1, -0.05) is 44.2 Å². The van der Waals surface area contributed by atoms with E-state index in [-0.39, 0.29) is 34.4 Å². The zero-order valence-corrected chi connectivity index (χ0v) is 20.9. The highest BCUT2D eigenvalue weighted by molar-refractivity contribution is 7.09. The van der Waals surface area contributed by atoms with Crippen LogP contribution in [0.15, 0.2) is 53.3 Å². The van der Waals surface area contributed by atoms with Gasteiger partial charge in [0.2, 0.25) is 11.8 Å². The van der Waals surface area contributed by atoms with Crippen LogP contribution in [0.5, 0.6) is 5.88 Å². The van der Waals surface area contributed by atoms with Crippen molar-refractivity contribution in [1.82, 2.24) is 9.88 Å². The molecule has 0 aliphatic carbocycles. The fourth-order valence-electron chi connectivity index (χ4n) is 4.03. The lowest BCUT2D eigenvalue weighted by Gasteiger charge is -2.36. The second kappa shape index (κ2) is 9.95. The van der Waals surface area contributed by atoms with E-state index in [2.05, 4.69) is 42.0 Å². The van der Waals surface area contributed by atoms with Crippen LogP contribution in [0.2, 0.25) is 0 Å². The molecule has 1 saturated heterocycles. The number of H-pyrrole nitrogens is 1. The van der Waals surface area contributed by atoms with Gasteiger partial charge in [0, 0.05) is 43.1 Å². The molecule has 3 aromatic rings. The Kier molecular flexibility index (Phi) is 6.98. The van der Waals surface area contributed by atoms with Crippen LogP contribution in [0.25, 0.3) is 0 Å². The van der Waals surface area contributed by atoms with Crippen LogP contribution in [0.4, 0.5) is 11.4 Å². The minimum absolute atomic E-state index is 0.00178. The number of carbonyl (C=O) groups is 2. The molecule has 2 amide bonds. The molecule has 1 aliphatic rings. The van der Waals surface area contributed by atoms with E-state index in [1.807, 2.05) is 42.5 Å². The summed E-state index contributed by atoms with van der Waals surface area (Å²) in [5.41, 5.74) is 3.50. The van der Waals surface area contributed by atoms with Gasteiger partial charge in [-0.3, -0.25) is 19.4 Å². The number of thiazole rings is 1. The molecule has 8 nitrogen and oxygen atoms in total. The number of piperazine rings is 1. The lowest BCUT2D eigenvalue weighted by Crippen LogP contribution is -2.49. The predicted molar refractivity (Wildman–Crippen MR) is 139 cm³/mol. The molecule has 35 heavy (non-hydrogen) atoms. The Morgan fingerprint density at radius 2 is 1.74 bits per heavy atom. The number of hydrogen-bond donors (Lipinski definition) is 3. The maximum Gasteiger partial charge on any atom is 0.307 e. The molecular weight excluding hydrogens is 464 g/mol. The highest BCUT2D eigenvalue weighted by Gasteiger charge is 2.23. The van der Waals surface area contributed by atoms with Gasteiger partial charge in [-0.15, -0.1) is 0 Å². The molecular formula is C26H30N4O4S. The van der Waals surface area contributed by atoms with Crippen molar-refractivity contribution in [3.8, 4) is 5.88 Å². The Hall–Kier alpha value is -3.59. The number of aromatic hydroxyl groups is 1. The van der Waals surface area contributed by atoms with E-state index in [0.29, 0.717) is 36.6 Å². The van der Waals surface area contributed by atoms with Crippen molar-refractivity contribution < 1.29 is 14.7 Å². The first-order valence-electron chi connectivity index (χ1n) is 11.6. The summed E-state index contributed by atoms with van der Waals surface area (Å²) in [6.07, 6.45) is 0.0116. The number of amides is 2. The van der Waals surface area contributed by atoms with E-state index in [9.17, 15) is 19.5 Å². The van der Waals surface area contributed by atoms with Gasteiger partial charge < -0.3 is 20.2 Å². The van der Waals surface area contributed by atoms with Gasteiger partial charge in [-0.25, -0.2) is 0 Å². The minimum Gasteiger partial charge on any atom is -0.494 e. The summed E-state index contributed by atoms with van der Waals surface area (Å²) in [7, 11) is 0. The third-order valence-electron chi connectivity index (χ3n) is 6.13. The summed E-state index contributed by atoms with van der Waals surface area (Å²) in [5, 5.41) is 12.7. The predicted octanol–water partition coefficient (Wildman–Crippen LogP) is 3.58. The molecule has 2 heterocycles. The number of rotatable bonds is 5. The maximum atomic E-state index is 12.7. The number of carbonyl (C=O) groups excluding carboxylic acids is 2. The summed E-state index contributed by atoms with van der Waals surface area (Å²) < 4.78 is 0. The third-order valence-corrected chi connectivity index (χ3v) is 7.00. The molecule has 0 atom stereocenters. The van der Waals surface area contributed by atoms with Crippen molar-refractivity contribution in [3.63, 3.8) is 0 Å². The van der Waals surface area contributed by atoms with Gasteiger partial charge in [0.05, 0.1) is 11.3 Å². The number of anilines is 2. The molecule has 0 unspecified atom stereocenters. The first kappa shape index (κ1) is 24.5. The Balaban J connectivity index is 1.32. The van der Waals surface area contributed by atoms with Crippen LogP contribution < -0.4 is 15.1 Å². The lowest BCUT2D eigenvalue weighted by atomic mass is 9.87. The second-order valence-electron chi connectivity index (χ2n) is 9.66. The monoisotopic (exact) mass is 494 g/mol. The van der Waals surface area contributed by atoms with Crippen LogP contribution in [0.1, 0.15) is 41.6 Å². The molecule has 0 spiro atoms. The van der Waals surface area contributed by atoms with E-state index in [1.165, 1.54) is 0 Å². The van der Waals surface area contributed by atoms with Crippen molar-refractivity contribution in [1.29, 1.82) is 0 Å². The van der Waals surface area contributed by atoms with Gasteiger partial charge >= 0.3 is 4.87 Å². The zero-order chi connectivity index (χ0) is 25.2. The van der Waals surface area contributed by atoms with Crippen molar-refractivity contribution in [2.24, 2.45) is 0 Å². The summed E-state index contributed by atoms with van der Waals surface area (Å²) >= 11 is 0.858. The van der Waals surface area contributed by atoms with E-state index < -0.39 is 0 Å². The van der Waals surface area contributed by atoms with Crippen LogP contribution in [0.3, 0.4) is 0 Å². The normalized spacial score (nSPS) is 14.1. The van der Waals surface area contributed by atoms with Crippen molar-refractivity contribution >= 4 is 34.5 Å². The molecule has 0 bridgehead atoms. The standard InChI is InChI=1S/C26H30N4O4S/c1-26(2,3)18-5-4-6-19(15-18)27-23(32)17-7-9-20(10-8-17)29-11-13-30(14-12-29)22(31)16-21-24(33)28-25(34)35-21/h4-10,15,33H,11-14,16H2,1-3H3,(H,27,32)(H,28,34). The first-order chi connectivity index (χ1) is 16.6. The molecule has 4 rings (SSSR count). The van der Waals surface area contributed by atoms with Crippen LogP contribution >= 0.6 is 11.3 Å². The molecule has 184 valence electrons. The van der Waals surface area contributed by atoms with Gasteiger partial charge in [-0.2, -0.15) is 0 Å². The topological polar surface area (TPSA) is 106 Å².